The number of nitrogens with zero attached hydrogens (tertiary/aromatic N) is 2. The summed E-state index contributed by atoms with van der Waals surface area (Å²) in [4.78, 5) is 13.1. The van der Waals surface area contributed by atoms with Gasteiger partial charge in [0.2, 0.25) is 0 Å². The highest BCUT2D eigenvalue weighted by Gasteiger charge is 2.25. The van der Waals surface area contributed by atoms with Crippen LogP contribution >= 0.6 is 0 Å². The van der Waals surface area contributed by atoms with Crippen molar-refractivity contribution in [3.05, 3.63) is 75.5 Å². The number of rotatable bonds is 4. The molecule has 1 atom stereocenters. The van der Waals surface area contributed by atoms with Crippen LogP contribution in [0.1, 0.15) is 22.7 Å². The van der Waals surface area contributed by atoms with Gasteiger partial charge in [-0.15, -0.1) is 0 Å². The zero-order valence-electron chi connectivity index (χ0n) is 13.1. The molecule has 5 heteroatoms. The number of ether oxygens (including phenoxy) is 1. The monoisotopic (exact) mass is 310 g/mol. The van der Waals surface area contributed by atoms with E-state index in [1.807, 2.05) is 25.4 Å². The summed E-state index contributed by atoms with van der Waals surface area (Å²) in [5.74, 6) is 0.632. The van der Waals surface area contributed by atoms with Gasteiger partial charge in [0.1, 0.15) is 5.75 Å². The van der Waals surface area contributed by atoms with Crippen LogP contribution in [0.5, 0.6) is 5.75 Å². The van der Waals surface area contributed by atoms with Crippen molar-refractivity contribution in [3.8, 4) is 5.75 Å². The molecule has 2 aromatic rings. The van der Waals surface area contributed by atoms with E-state index in [-0.39, 0.29) is 16.7 Å². The molecule has 0 aliphatic carbocycles. The van der Waals surface area contributed by atoms with Gasteiger partial charge in [0.25, 0.3) is 5.69 Å². The Morgan fingerprint density at radius 2 is 2.04 bits per heavy atom. The fourth-order valence-corrected chi connectivity index (χ4v) is 2.98. The Labute approximate surface area is 135 Å². The van der Waals surface area contributed by atoms with Crippen LogP contribution in [-0.2, 0) is 6.42 Å². The Morgan fingerprint density at radius 3 is 2.78 bits per heavy atom. The van der Waals surface area contributed by atoms with Crippen molar-refractivity contribution in [3.63, 3.8) is 0 Å². The molecule has 0 unspecified atom stereocenters. The number of benzene rings is 2. The van der Waals surface area contributed by atoms with Crippen molar-refractivity contribution in [2.24, 2.45) is 0 Å². The van der Waals surface area contributed by atoms with Crippen molar-refractivity contribution in [2.45, 2.75) is 12.5 Å². The van der Waals surface area contributed by atoms with E-state index < -0.39 is 0 Å². The van der Waals surface area contributed by atoms with Gasteiger partial charge >= 0.3 is 0 Å². The summed E-state index contributed by atoms with van der Waals surface area (Å²) in [5, 5.41) is 11.3. The van der Waals surface area contributed by atoms with E-state index in [0.29, 0.717) is 17.7 Å². The van der Waals surface area contributed by atoms with E-state index in [9.17, 15) is 10.1 Å². The van der Waals surface area contributed by atoms with E-state index in [0.717, 1.165) is 5.56 Å². The third-order valence-corrected chi connectivity index (χ3v) is 4.23. The van der Waals surface area contributed by atoms with Crippen LogP contribution in [0.25, 0.3) is 6.08 Å². The average Bonchev–Trinajstić information content (AvgIpc) is 2.57. The lowest BCUT2D eigenvalue weighted by atomic mass is 9.91. The smallest absolute Gasteiger partial charge is 0.272 e. The van der Waals surface area contributed by atoms with Crippen LogP contribution in [0.2, 0.25) is 0 Å². The van der Waals surface area contributed by atoms with Crippen LogP contribution in [-0.4, -0.2) is 24.0 Å². The Hall–Kier alpha value is -2.82. The molecule has 0 fully saturated rings. The predicted octanol–water partition coefficient (Wildman–Crippen LogP) is 3.80. The van der Waals surface area contributed by atoms with Crippen molar-refractivity contribution >= 4 is 11.8 Å². The van der Waals surface area contributed by atoms with Gasteiger partial charge in [-0.3, -0.25) is 10.1 Å². The van der Waals surface area contributed by atoms with Gasteiger partial charge in [-0.2, -0.15) is 0 Å². The van der Waals surface area contributed by atoms with E-state index in [1.54, 1.807) is 19.2 Å². The van der Waals surface area contributed by atoms with Crippen molar-refractivity contribution in [1.29, 1.82) is 0 Å². The molecule has 0 N–H and O–H groups in total. The second kappa shape index (κ2) is 6.12. The maximum Gasteiger partial charge on any atom is 0.272 e. The highest BCUT2D eigenvalue weighted by Crippen LogP contribution is 2.35. The third kappa shape index (κ3) is 2.90. The van der Waals surface area contributed by atoms with E-state index in [2.05, 4.69) is 23.1 Å². The maximum atomic E-state index is 11.3. The molecule has 23 heavy (non-hydrogen) atoms. The molecule has 0 radical (unpaired) electrons. The minimum atomic E-state index is -0.334. The Kier molecular flexibility index (Phi) is 4.02. The van der Waals surface area contributed by atoms with E-state index in [4.69, 9.17) is 4.74 Å². The van der Waals surface area contributed by atoms with Crippen LogP contribution in [0.15, 0.2) is 48.7 Å². The largest absolute Gasteiger partial charge is 0.497 e. The molecule has 0 amide bonds. The summed E-state index contributed by atoms with van der Waals surface area (Å²) >= 11 is 0. The SMILES string of the molecule is COc1ccc([N+](=O)[O-])c(C[C@H]2c3ccccc3C=CN2C)c1. The van der Waals surface area contributed by atoms with Gasteiger partial charge < -0.3 is 9.64 Å². The summed E-state index contributed by atoms with van der Waals surface area (Å²) in [6.07, 6.45) is 4.62. The number of nitro benzene ring substituents is 1. The highest BCUT2D eigenvalue weighted by atomic mass is 16.6. The maximum absolute atomic E-state index is 11.3. The standard InChI is InChI=1S/C18H18N2O3/c1-19-10-9-13-5-3-4-6-16(13)18(19)12-14-11-15(23-2)7-8-17(14)20(21)22/h3-11,18H,12H2,1-2H3/t18-/m0/s1. The van der Waals surface area contributed by atoms with Crippen LogP contribution in [0.3, 0.4) is 0 Å². The predicted molar refractivity (Wildman–Crippen MR) is 89.3 cm³/mol. The van der Waals surface area contributed by atoms with Gasteiger partial charge in [-0.05, 0) is 35.5 Å². The molecular formula is C18H18N2O3. The first kappa shape index (κ1) is 15.1. The molecule has 0 saturated heterocycles. The summed E-state index contributed by atoms with van der Waals surface area (Å²) in [7, 11) is 3.55. The van der Waals surface area contributed by atoms with Gasteiger partial charge in [0, 0.05) is 25.1 Å². The molecule has 5 nitrogen and oxygen atoms in total. The first-order valence-corrected chi connectivity index (χ1v) is 7.40. The normalized spacial score (nSPS) is 16.1. The lowest BCUT2D eigenvalue weighted by Gasteiger charge is -2.32. The second-order valence-electron chi connectivity index (χ2n) is 5.58. The number of hydrogen-bond acceptors (Lipinski definition) is 4. The molecule has 118 valence electrons. The van der Waals surface area contributed by atoms with Crippen LogP contribution < -0.4 is 4.74 Å². The summed E-state index contributed by atoms with van der Waals surface area (Å²) in [6.45, 7) is 0. The summed E-state index contributed by atoms with van der Waals surface area (Å²) in [5.41, 5.74) is 3.14. The van der Waals surface area contributed by atoms with Crippen LogP contribution in [0.4, 0.5) is 5.69 Å². The molecule has 3 rings (SSSR count). The molecule has 0 spiro atoms. The number of hydrogen-bond donors (Lipinski definition) is 0. The van der Waals surface area contributed by atoms with Gasteiger partial charge in [-0.1, -0.05) is 24.3 Å². The quantitative estimate of drug-likeness (QED) is 0.636. The molecule has 1 aliphatic rings. The number of nitro groups is 1. The summed E-state index contributed by atoms with van der Waals surface area (Å²) in [6, 6.07) is 13.1. The summed E-state index contributed by atoms with van der Waals surface area (Å²) < 4.78 is 5.22. The van der Waals surface area contributed by atoms with E-state index >= 15 is 0 Å². The van der Waals surface area contributed by atoms with Gasteiger partial charge in [0.15, 0.2) is 0 Å². The Morgan fingerprint density at radius 1 is 1.26 bits per heavy atom. The first-order chi connectivity index (χ1) is 11.1. The van der Waals surface area contributed by atoms with Gasteiger partial charge in [0.05, 0.1) is 18.1 Å². The first-order valence-electron chi connectivity index (χ1n) is 7.40. The fraction of sp³-hybridized carbons (Fsp3) is 0.222. The lowest BCUT2D eigenvalue weighted by Crippen LogP contribution is -2.24. The minimum absolute atomic E-state index is 0.0574. The average molecular weight is 310 g/mol. The topological polar surface area (TPSA) is 55.6 Å². The van der Waals surface area contributed by atoms with Crippen LogP contribution in [0, 0.1) is 10.1 Å². The second-order valence-corrected chi connectivity index (χ2v) is 5.58. The molecular weight excluding hydrogens is 292 g/mol. The van der Waals surface area contributed by atoms with Crippen molar-refractivity contribution in [1.82, 2.24) is 4.90 Å². The van der Waals surface area contributed by atoms with Crippen molar-refractivity contribution < 1.29 is 9.66 Å². The molecule has 0 aromatic heterocycles. The molecule has 0 saturated carbocycles. The third-order valence-electron chi connectivity index (χ3n) is 4.23. The zero-order valence-corrected chi connectivity index (χ0v) is 13.1. The molecule has 2 aromatic carbocycles. The zero-order chi connectivity index (χ0) is 16.4. The van der Waals surface area contributed by atoms with E-state index in [1.165, 1.54) is 11.6 Å². The van der Waals surface area contributed by atoms with Crippen molar-refractivity contribution in [2.75, 3.05) is 14.2 Å². The fourth-order valence-electron chi connectivity index (χ4n) is 2.98. The minimum Gasteiger partial charge on any atom is -0.497 e. The number of likely N-dealkylation sites (N-methyl/N-ethyl adjacent to an activating group) is 1. The molecule has 1 aliphatic heterocycles. The number of methoxy groups -OCH3 is 1. The highest BCUT2D eigenvalue weighted by molar-refractivity contribution is 5.57. The molecule has 1 heterocycles. The Balaban J connectivity index is 2.01. The molecule has 0 bridgehead atoms. The Bertz CT molecular complexity index is 771. The number of fused-ring (bicyclic) bond motifs is 1. The lowest BCUT2D eigenvalue weighted by molar-refractivity contribution is -0.385. The van der Waals surface area contributed by atoms with Gasteiger partial charge in [-0.25, -0.2) is 0 Å².